The topological polar surface area (TPSA) is 40.5 Å². The highest BCUT2D eigenvalue weighted by Gasteiger charge is 2.33. The second-order valence-electron chi connectivity index (χ2n) is 3.44. The molecule has 1 aliphatic heterocycles. The van der Waals surface area contributed by atoms with Crippen LogP contribution in [0.3, 0.4) is 0 Å². The van der Waals surface area contributed by atoms with Gasteiger partial charge in [-0.25, -0.2) is 0 Å². The van der Waals surface area contributed by atoms with Gasteiger partial charge in [-0.2, -0.15) is 0 Å². The number of carbonyl (C=O) groups excluding carboxylic acids is 1. The maximum atomic E-state index is 11.6. The molecule has 1 amide bonds. The van der Waals surface area contributed by atoms with Gasteiger partial charge in [0.05, 0.1) is 12.4 Å². The van der Waals surface area contributed by atoms with Gasteiger partial charge in [-0.3, -0.25) is 4.79 Å². The van der Waals surface area contributed by atoms with Crippen LogP contribution in [0.15, 0.2) is 11.4 Å². The van der Waals surface area contributed by atoms with Gasteiger partial charge in [0, 0.05) is 11.4 Å². The summed E-state index contributed by atoms with van der Waals surface area (Å²) < 4.78 is 0. The van der Waals surface area contributed by atoms with E-state index in [1.54, 1.807) is 28.0 Å². The highest BCUT2D eigenvalue weighted by molar-refractivity contribution is 8.00. The average Bonchev–Trinajstić information content (AvgIpc) is 2.76. The fraction of sp³-hybridized carbons (Fsp3) is 0.500. The number of aliphatic hydroxyl groups excluding tert-OH is 1. The second kappa shape index (κ2) is 4.55. The molecule has 1 saturated heterocycles. The predicted molar refractivity (Wildman–Crippen MR) is 63.1 cm³/mol. The van der Waals surface area contributed by atoms with Crippen LogP contribution in [0.1, 0.15) is 15.8 Å². The third-order valence-electron chi connectivity index (χ3n) is 2.44. The fourth-order valence-corrected chi connectivity index (χ4v) is 4.15. The Labute approximate surface area is 97.1 Å². The van der Waals surface area contributed by atoms with Crippen LogP contribution in [0.5, 0.6) is 0 Å². The molecule has 0 unspecified atom stereocenters. The summed E-state index contributed by atoms with van der Waals surface area (Å²) in [5, 5.41) is 11.1. The van der Waals surface area contributed by atoms with Gasteiger partial charge < -0.3 is 10.0 Å². The van der Waals surface area contributed by atoms with Crippen molar-refractivity contribution in [2.24, 2.45) is 0 Å². The summed E-state index contributed by atoms with van der Waals surface area (Å²) >= 11 is 3.33. The maximum Gasteiger partial charge on any atom is 0.233 e. The zero-order valence-electron chi connectivity index (χ0n) is 8.47. The Bertz CT molecular complexity index is 364. The highest BCUT2D eigenvalue weighted by atomic mass is 32.2. The number of hydrogen-bond donors (Lipinski definition) is 1. The third kappa shape index (κ3) is 2.04. The zero-order chi connectivity index (χ0) is 10.8. The molecular formula is C10H13NO2S2. The molecule has 1 aliphatic rings. The first-order chi connectivity index (χ1) is 7.24. The van der Waals surface area contributed by atoms with Crippen molar-refractivity contribution in [3.63, 3.8) is 0 Å². The van der Waals surface area contributed by atoms with E-state index in [2.05, 4.69) is 13.0 Å². The van der Waals surface area contributed by atoms with Crippen LogP contribution in [0.2, 0.25) is 0 Å². The summed E-state index contributed by atoms with van der Waals surface area (Å²) in [5.41, 5.74) is 1.23. The van der Waals surface area contributed by atoms with Gasteiger partial charge in [0.1, 0.15) is 5.37 Å². The normalized spacial score (nSPS) is 21.3. The summed E-state index contributed by atoms with van der Waals surface area (Å²) in [4.78, 5) is 14.6. The van der Waals surface area contributed by atoms with Crippen LogP contribution in [0.4, 0.5) is 0 Å². The van der Waals surface area contributed by atoms with Crippen molar-refractivity contribution in [1.29, 1.82) is 0 Å². The molecule has 1 atom stereocenters. The fourth-order valence-electron chi connectivity index (χ4n) is 1.66. The standard InChI is InChI=1S/C10H13NO2S2/c1-7-2-5-14-9(7)10-11(3-4-12)8(13)6-15-10/h2,5,10,12H,3-4,6H2,1H3/t10-/m0/s1. The number of β-amino-alcohol motifs (C(OH)–C–C–N with tert-alkyl or cyclic N) is 1. The third-order valence-corrected chi connectivity index (χ3v) is 4.88. The van der Waals surface area contributed by atoms with Crippen molar-refractivity contribution in [2.45, 2.75) is 12.3 Å². The van der Waals surface area contributed by atoms with Crippen molar-refractivity contribution < 1.29 is 9.90 Å². The van der Waals surface area contributed by atoms with Gasteiger partial charge in [-0.05, 0) is 23.9 Å². The Morgan fingerprint density at radius 3 is 3.07 bits per heavy atom. The molecule has 0 radical (unpaired) electrons. The number of thioether (sulfide) groups is 1. The summed E-state index contributed by atoms with van der Waals surface area (Å²) in [7, 11) is 0. The number of carbonyl (C=O) groups is 1. The molecule has 0 bridgehead atoms. The first-order valence-corrected chi connectivity index (χ1v) is 6.73. The van der Waals surface area contributed by atoms with Crippen molar-refractivity contribution in [2.75, 3.05) is 18.9 Å². The van der Waals surface area contributed by atoms with E-state index in [1.807, 2.05) is 5.38 Å². The molecule has 1 fully saturated rings. The van der Waals surface area contributed by atoms with Crippen LogP contribution < -0.4 is 0 Å². The Hall–Kier alpha value is -0.520. The van der Waals surface area contributed by atoms with Crippen LogP contribution in [0, 0.1) is 6.92 Å². The molecule has 2 heterocycles. The number of thiophene rings is 1. The molecule has 0 saturated carbocycles. The molecule has 1 aromatic heterocycles. The second-order valence-corrected chi connectivity index (χ2v) is 5.46. The van der Waals surface area contributed by atoms with E-state index in [4.69, 9.17) is 5.11 Å². The zero-order valence-corrected chi connectivity index (χ0v) is 10.1. The minimum atomic E-state index is 0.0349. The molecule has 0 aromatic carbocycles. The molecular weight excluding hydrogens is 230 g/mol. The van der Waals surface area contributed by atoms with E-state index in [0.29, 0.717) is 12.3 Å². The number of aliphatic hydroxyl groups is 1. The van der Waals surface area contributed by atoms with E-state index in [1.165, 1.54) is 10.4 Å². The van der Waals surface area contributed by atoms with E-state index >= 15 is 0 Å². The van der Waals surface area contributed by atoms with Gasteiger partial charge in [-0.15, -0.1) is 23.1 Å². The maximum absolute atomic E-state index is 11.6. The van der Waals surface area contributed by atoms with Gasteiger partial charge in [0.25, 0.3) is 0 Å². The molecule has 1 N–H and O–H groups in total. The number of rotatable bonds is 3. The SMILES string of the molecule is Cc1ccsc1[C@@H]1SCC(=O)N1CCO. The predicted octanol–water partition coefficient (Wildman–Crippen LogP) is 1.62. The molecule has 2 rings (SSSR count). The largest absolute Gasteiger partial charge is 0.395 e. The van der Waals surface area contributed by atoms with Crippen molar-refractivity contribution in [3.8, 4) is 0 Å². The molecule has 1 aromatic rings. The average molecular weight is 243 g/mol. The number of aryl methyl sites for hydroxylation is 1. The smallest absolute Gasteiger partial charge is 0.233 e. The number of nitrogens with zero attached hydrogens (tertiary/aromatic N) is 1. The van der Waals surface area contributed by atoms with E-state index < -0.39 is 0 Å². The lowest BCUT2D eigenvalue weighted by molar-refractivity contribution is -0.128. The first-order valence-electron chi connectivity index (χ1n) is 4.80. The van der Waals surface area contributed by atoms with E-state index in [-0.39, 0.29) is 17.9 Å². The Morgan fingerprint density at radius 1 is 1.67 bits per heavy atom. The molecule has 0 spiro atoms. The molecule has 82 valence electrons. The number of hydrogen-bond acceptors (Lipinski definition) is 4. The Kier molecular flexibility index (Phi) is 3.33. The Morgan fingerprint density at radius 2 is 2.47 bits per heavy atom. The lowest BCUT2D eigenvalue weighted by Gasteiger charge is -2.22. The van der Waals surface area contributed by atoms with Crippen LogP contribution in [-0.2, 0) is 4.79 Å². The van der Waals surface area contributed by atoms with Crippen molar-refractivity contribution in [3.05, 3.63) is 21.9 Å². The minimum Gasteiger partial charge on any atom is -0.395 e. The lowest BCUT2D eigenvalue weighted by Crippen LogP contribution is -2.30. The van der Waals surface area contributed by atoms with Gasteiger partial charge in [0.15, 0.2) is 0 Å². The van der Waals surface area contributed by atoms with E-state index in [0.717, 1.165) is 0 Å². The van der Waals surface area contributed by atoms with Gasteiger partial charge in [-0.1, -0.05) is 0 Å². The quantitative estimate of drug-likeness (QED) is 0.877. The molecule has 0 aliphatic carbocycles. The summed E-state index contributed by atoms with van der Waals surface area (Å²) in [6.45, 7) is 2.54. The summed E-state index contributed by atoms with van der Waals surface area (Å²) in [6.07, 6.45) is 0. The Balaban J connectivity index is 2.22. The number of amides is 1. The molecule has 5 heteroatoms. The molecule has 15 heavy (non-hydrogen) atoms. The van der Waals surface area contributed by atoms with Gasteiger partial charge >= 0.3 is 0 Å². The van der Waals surface area contributed by atoms with Crippen molar-refractivity contribution >= 4 is 29.0 Å². The highest BCUT2D eigenvalue weighted by Crippen LogP contribution is 2.41. The monoisotopic (exact) mass is 243 g/mol. The summed E-state index contributed by atoms with van der Waals surface area (Å²) in [5.74, 6) is 0.661. The molecule has 3 nitrogen and oxygen atoms in total. The van der Waals surface area contributed by atoms with E-state index in [9.17, 15) is 4.79 Å². The van der Waals surface area contributed by atoms with Crippen LogP contribution in [0.25, 0.3) is 0 Å². The van der Waals surface area contributed by atoms with Crippen LogP contribution >= 0.6 is 23.1 Å². The van der Waals surface area contributed by atoms with Crippen molar-refractivity contribution in [1.82, 2.24) is 4.90 Å². The lowest BCUT2D eigenvalue weighted by atomic mass is 10.2. The first kappa shape index (κ1) is 11.0. The minimum absolute atomic E-state index is 0.0349. The van der Waals surface area contributed by atoms with Crippen LogP contribution in [-0.4, -0.2) is 34.8 Å². The van der Waals surface area contributed by atoms with Gasteiger partial charge in [0.2, 0.25) is 5.91 Å². The summed E-state index contributed by atoms with van der Waals surface area (Å²) in [6, 6.07) is 2.07.